The van der Waals surface area contributed by atoms with E-state index >= 15 is 0 Å². The zero-order chi connectivity index (χ0) is 21.0. The smallest absolute Gasteiger partial charge is 0.346 e. The van der Waals surface area contributed by atoms with Crippen LogP contribution in [-0.2, 0) is 0 Å². The van der Waals surface area contributed by atoms with E-state index in [1.54, 1.807) is 24.3 Å². The summed E-state index contributed by atoms with van der Waals surface area (Å²) in [6.45, 7) is 4.16. The highest BCUT2D eigenvalue weighted by molar-refractivity contribution is 6.34. The summed E-state index contributed by atoms with van der Waals surface area (Å²) in [5.74, 6) is 0.243. The first-order valence-electron chi connectivity index (χ1n) is 9.94. The van der Waals surface area contributed by atoms with E-state index in [0.29, 0.717) is 34.9 Å². The molecule has 1 aromatic carbocycles. The summed E-state index contributed by atoms with van der Waals surface area (Å²) < 4.78 is 0. The molecule has 3 rings (SSSR count). The molecular formula is C21H27ClN4O3. The number of nitrogens with zero attached hydrogens (tertiary/aromatic N) is 2. The van der Waals surface area contributed by atoms with Gasteiger partial charge >= 0.3 is 5.69 Å². The number of benzene rings is 1. The van der Waals surface area contributed by atoms with Gasteiger partial charge in [-0.15, -0.1) is 0 Å². The molecule has 8 heteroatoms. The molecule has 0 spiro atoms. The Morgan fingerprint density at radius 1 is 1.31 bits per heavy atom. The predicted octanol–water partition coefficient (Wildman–Crippen LogP) is 3.39. The second kappa shape index (κ2) is 8.97. The molecule has 3 N–H and O–H groups in total. The van der Waals surface area contributed by atoms with E-state index in [-0.39, 0.29) is 18.5 Å². The van der Waals surface area contributed by atoms with Gasteiger partial charge in [0.1, 0.15) is 5.82 Å². The Morgan fingerprint density at radius 2 is 2.03 bits per heavy atom. The van der Waals surface area contributed by atoms with Crippen LogP contribution in [0.1, 0.15) is 56.3 Å². The highest BCUT2D eigenvalue weighted by Crippen LogP contribution is 2.30. The molecule has 0 bridgehead atoms. The van der Waals surface area contributed by atoms with E-state index < -0.39 is 11.3 Å². The van der Waals surface area contributed by atoms with Gasteiger partial charge in [-0.05, 0) is 51.0 Å². The van der Waals surface area contributed by atoms with E-state index in [1.807, 2.05) is 18.7 Å². The van der Waals surface area contributed by atoms with Gasteiger partial charge < -0.3 is 15.3 Å². The molecule has 1 aliphatic carbocycles. The van der Waals surface area contributed by atoms with Gasteiger partial charge in [0.05, 0.1) is 16.2 Å². The molecule has 1 amide bonds. The van der Waals surface area contributed by atoms with Crippen LogP contribution in [0.2, 0.25) is 5.02 Å². The van der Waals surface area contributed by atoms with Crippen molar-refractivity contribution in [3.8, 4) is 0 Å². The summed E-state index contributed by atoms with van der Waals surface area (Å²) in [5, 5.41) is 13.8. The number of hydrogen-bond acceptors (Lipinski definition) is 5. The zero-order valence-corrected chi connectivity index (χ0v) is 17.5. The Bertz CT molecular complexity index is 922. The minimum absolute atomic E-state index is 0.00749. The number of rotatable bonds is 6. The van der Waals surface area contributed by atoms with Crippen molar-refractivity contribution in [3.63, 3.8) is 0 Å². The maximum atomic E-state index is 12.8. The molecule has 1 fully saturated rings. The van der Waals surface area contributed by atoms with Crippen LogP contribution in [-0.4, -0.2) is 39.2 Å². The molecular weight excluding hydrogens is 392 g/mol. The topological polar surface area (TPSA) is 98.3 Å². The SMILES string of the molecule is CC(C)N(c1ccc(Cl)c(C(=O)NCC2(O)CCCCC2)c1)c1ccnc(=O)[nH]1. The second-order valence-electron chi connectivity index (χ2n) is 7.86. The van der Waals surface area contributed by atoms with Crippen LogP contribution in [0, 0.1) is 0 Å². The Labute approximate surface area is 175 Å². The molecule has 0 atom stereocenters. The average molecular weight is 419 g/mol. The number of aliphatic hydroxyl groups is 1. The van der Waals surface area contributed by atoms with Gasteiger partial charge in [-0.25, -0.2) is 9.78 Å². The lowest BCUT2D eigenvalue weighted by Gasteiger charge is -2.32. The Hall–Kier alpha value is -2.38. The van der Waals surface area contributed by atoms with Crippen molar-refractivity contribution >= 4 is 29.0 Å². The third-order valence-corrected chi connectivity index (χ3v) is 5.60. The average Bonchev–Trinajstić information content (AvgIpc) is 2.68. The number of aromatic amines is 1. The molecule has 1 heterocycles. The Morgan fingerprint density at radius 3 is 2.69 bits per heavy atom. The van der Waals surface area contributed by atoms with Crippen LogP contribution >= 0.6 is 11.6 Å². The minimum atomic E-state index is -0.849. The van der Waals surface area contributed by atoms with E-state index in [4.69, 9.17) is 11.6 Å². The van der Waals surface area contributed by atoms with E-state index in [1.165, 1.54) is 6.20 Å². The number of amides is 1. The van der Waals surface area contributed by atoms with E-state index in [0.717, 1.165) is 19.3 Å². The molecule has 1 saturated carbocycles. The Kier molecular flexibility index (Phi) is 6.59. The third kappa shape index (κ3) is 5.16. The van der Waals surface area contributed by atoms with E-state index in [9.17, 15) is 14.7 Å². The monoisotopic (exact) mass is 418 g/mol. The number of aromatic nitrogens is 2. The summed E-state index contributed by atoms with van der Waals surface area (Å²) in [7, 11) is 0. The fourth-order valence-corrected chi connectivity index (χ4v) is 3.98. The fraction of sp³-hybridized carbons (Fsp3) is 0.476. The van der Waals surface area contributed by atoms with Gasteiger partial charge in [0.2, 0.25) is 0 Å². The number of anilines is 2. The van der Waals surface area contributed by atoms with Crippen molar-refractivity contribution < 1.29 is 9.90 Å². The number of carbonyl (C=O) groups excluding carboxylic acids is 1. The maximum absolute atomic E-state index is 12.8. The molecule has 1 aromatic heterocycles. The van der Waals surface area contributed by atoms with Crippen molar-refractivity contribution in [1.29, 1.82) is 0 Å². The van der Waals surface area contributed by atoms with Gasteiger partial charge in [-0.3, -0.25) is 9.78 Å². The quantitative estimate of drug-likeness (QED) is 0.667. The van der Waals surface area contributed by atoms with Crippen LogP contribution in [0.15, 0.2) is 35.3 Å². The largest absolute Gasteiger partial charge is 0.388 e. The number of H-pyrrole nitrogens is 1. The standard InChI is InChI=1S/C21H27ClN4O3/c1-14(2)26(18-8-11-23-20(28)25-18)15-6-7-17(22)16(12-15)19(27)24-13-21(29)9-4-3-5-10-21/h6-8,11-12,14,29H,3-5,9-10,13H2,1-2H3,(H,24,27)(H,23,25,28). The lowest BCUT2D eigenvalue weighted by Crippen LogP contribution is -2.44. The van der Waals surface area contributed by atoms with Crippen molar-refractivity contribution in [2.24, 2.45) is 0 Å². The second-order valence-corrected chi connectivity index (χ2v) is 8.26. The number of nitrogens with one attached hydrogen (secondary N) is 2. The van der Waals surface area contributed by atoms with Crippen molar-refractivity contribution in [3.05, 3.63) is 51.5 Å². The highest BCUT2D eigenvalue weighted by atomic mass is 35.5. The van der Waals surface area contributed by atoms with Crippen LogP contribution < -0.4 is 15.9 Å². The van der Waals surface area contributed by atoms with Crippen molar-refractivity contribution in [1.82, 2.24) is 15.3 Å². The zero-order valence-electron chi connectivity index (χ0n) is 16.7. The molecule has 0 radical (unpaired) electrons. The first-order valence-corrected chi connectivity index (χ1v) is 10.3. The van der Waals surface area contributed by atoms with Gasteiger partial charge in [-0.2, -0.15) is 0 Å². The minimum Gasteiger partial charge on any atom is -0.388 e. The molecule has 29 heavy (non-hydrogen) atoms. The van der Waals surface area contributed by atoms with Crippen LogP contribution in [0.4, 0.5) is 11.5 Å². The summed E-state index contributed by atoms with van der Waals surface area (Å²) >= 11 is 6.29. The van der Waals surface area contributed by atoms with Crippen LogP contribution in [0.3, 0.4) is 0 Å². The summed E-state index contributed by atoms with van der Waals surface area (Å²) in [6, 6.07) is 6.87. The molecule has 0 unspecified atom stereocenters. The lowest BCUT2D eigenvalue weighted by molar-refractivity contribution is 0.00526. The predicted molar refractivity (Wildman–Crippen MR) is 114 cm³/mol. The van der Waals surface area contributed by atoms with Crippen molar-refractivity contribution in [2.45, 2.75) is 57.6 Å². The summed E-state index contributed by atoms with van der Waals surface area (Å²) in [5.41, 5.74) is -0.252. The molecule has 7 nitrogen and oxygen atoms in total. The maximum Gasteiger partial charge on any atom is 0.346 e. The third-order valence-electron chi connectivity index (χ3n) is 5.27. The fourth-order valence-electron chi connectivity index (χ4n) is 3.78. The van der Waals surface area contributed by atoms with Gasteiger partial charge in [0.15, 0.2) is 0 Å². The first kappa shape index (κ1) is 21.3. The van der Waals surface area contributed by atoms with E-state index in [2.05, 4.69) is 15.3 Å². The van der Waals surface area contributed by atoms with Crippen molar-refractivity contribution in [2.75, 3.05) is 11.4 Å². The first-order chi connectivity index (χ1) is 13.8. The normalized spacial score (nSPS) is 15.9. The lowest BCUT2D eigenvalue weighted by atomic mass is 9.85. The van der Waals surface area contributed by atoms with Crippen LogP contribution in [0.25, 0.3) is 0 Å². The molecule has 2 aromatic rings. The number of hydrogen-bond donors (Lipinski definition) is 3. The molecule has 0 aliphatic heterocycles. The Balaban J connectivity index is 1.84. The number of halogens is 1. The number of carbonyl (C=O) groups is 1. The highest BCUT2D eigenvalue weighted by Gasteiger charge is 2.30. The van der Waals surface area contributed by atoms with Gasteiger partial charge in [0, 0.05) is 24.5 Å². The van der Waals surface area contributed by atoms with Crippen LogP contribution in [0.5, 0.6) is 0 Å². The molecule has 0 saturated heterocycles. The molecule has 1 aliphatic rings. The molecule has 156 valence electrons. The van der Waals surface area contributed by atoms with Gasteiger partial charge in [-0.1, -0.05) is 30.9 Å². The van der Waals surface area contributed by atoms with Gasteiger partial charge in [0.25, 0.3) is 5.91 Å². The summed E-state index contributed by atoms with van der Waals surface area (Å²) in [6.07, 6.45) is 5.88. The summed E-state index contributed by atoms with van der Waals surface area (Å²) in [4.78, 5) is 32.7.